The second-order valence-corrected chi connectivity index (χ2v) is 6.84. The van der Waals surface area contributed by atoms with Crippen molar-refractivity contribution in [2.24, 2.45) is 10.3 Å². The summed E-state index contributed by atoms with van der Waals surface area (Å²) in [5.74, 6) is 0.0751. The van der Waals surface area contributed by atoms with Crippen LogP contribution in [0, 0.1) is 5.92 Å². The van der Waals surface area contributed by atoms with Gasteiger partial charge < -0.3 is 0 Å². The summed E-state index contributed by atoms with van der Waals surface area (Å²) in [4.78, 5) is 13.8. The van der Waals surface area contributed by atoms with Crippen molar-refractivity contribution in [3.63, 3.8) is 0 Å². The molecular weight excluding hydrogens is 300 g/mol. The lowest BCUT2D eigenvalue weighted by molar-refractivity contribution is -0.128. The molecule has 20 heavy (non-hydrogen) atoms. The van der Waals surface area contributed by atoms with Crippen molar-refractivity contribution < 1.29 is 13.2 Å². The molecule has 5 nitrogen and oxygen atoms in total. The van der Waals surface area contributed by atoms with Crippen molar-refractivity contribution in [2.45, 2.75) is 24.7 Å². The van der Waals surface area contributed by atoms with Crippen LogP contribution in [0.25, 0.3) is 0 Å². The van der Waals surface area contributed by atoms with Gasteiger partial charge in [-0.1, -0.05) is 17.7 Å². The van der Waals surface area contributed by atoms with Gasteiger partial charge in [0, 0.05) is 12.5 Å². The van der Waals surface area contributed by atoms with Crippen molar-refractivity contribution in [1.29, 1.82) is 0 Å². The highest BCUT2D eigenvalue weighted by Crippen LogP contribution is 2.36. The van der Waals surface area contributed by atoms with E-state index in [1.54, 1.807) is 19.1 Å². The Balaban J connectivity index is 2.13. The van der Waals surface area contributed by atoms with Crippen LogP contribution in [0.1, 0.15) is 25.3 Å². The van der Waals surface area contributed by atoms with Gasteiger partial charge in [-0.15, -0.1) is 4.40 Å². The molecule has 106 valence electrons. The maximum Gasteiger partial charge on any atom is 0.285 e. The Morgan fingerprint density at radius 1 is 1.45 bits per heavy atom. The third-order valence-electron chi connectivity index (χ3n) is 3.45. The summed E-state index contributed by atoms with van der Waals surface area (Å²) in [6.45, 7) is 2.17. The molecule has 1 aliphatic carbocycles. The third-order valence-corrected chi connectivity index (χ3v) is 5.07. The molecule has 0 N–H and O–H groups in total. The molecule has 7 heteroatoms. The predicted molar refractivity (Wildman–Crippen MR) is 75.3 cm³/mol. The van der Waals surface area contributed by atoms with Crippen LogP contribution in [0.2, 0.25) is 5.02 Å². The number of hydrogen-bond acceptors (Lipinski definition) is 3. The van der Waals surface area contributed by atoms with Crippen LogP contribution in [0.3, 0.4) is 0 Å². The summed E-state index contributed by atoms with van der Waals surface area (Å²) >= 11 is 6.11. The van der Waals surface area contributed by atoms with E-state index in [1.807, 2.05) is 0 Å². The molecule has 0 aromatic heterocycles. The molecular formula is C13H13ClN2O3S. The number of nitrogens with zero attached hydrogens (tertiary/aromatic N) is 2. The average Bonchev–Trinajstić information content (AvgIpc) is 3.18. The van der Waals surface area contributed by atoms with E-state index in [-0.39, 0.29) is 22.6 Å². The van der Waals surface area contributed by atoms with Crippen LogP contribution in [0.4, 0.5) is 0 Å². The minimum absolute atomic E-state index is 0.00751. The monoisotopic (exact) mass is 312 g/mol. The van der Waals surface area contributed by atoms with E-state index in [1.165, 1.54) is 11.0 Å². The fourth-order valence-corrected chi connectivity index (χ4v) is 3.83. The number of amidine groups is 1. The SMILES string of the molecule is CCN(C(=O)C1CC1)C1=NS(=O)(=O)c2cccc(Cl)c21. The maximum absolute atomic E-state index is 12.3. The van der Waals surface area contributed by atoms with Crippen LogP contribution >= 0.6 is 11.6 Å². The van der Waals surface area contributed by atoms with Crippen LogP contribution in [0.5, 0.6) is 0 Å². The second-order valence-electron chi connectivity index (χ2n) is 4.86. The van der Waals surface area contributed by atoms with Crippen LogP contribution in [-0.2, 0) is 14.8 Å². The molecule has 1 aliphatic heterocycles. The maximum atomic E-state index is 12.3. The van der Waals surface area contributed by atoms with Crippen LogP contribution in [-0.4, -0.2) is 31.6 Å². The highest BCUT2D eigenvalue weighted by molar-refractivity contribution is 7.90. The lowest BCUT2D eigenvalue weighted by Crippen LogP contribution is -2.37. The fraction of sp³-hybridized carbons (Fsp3) is 0.385. The first-order valence-corrected chi connectivity index (χ1v) is 8.22. The van der Waals surface area contributed by atoms with Gasteiger partial charge >= 0.3 is 0 Å². The summed E-state index contributed by atoms with van der Waals surface area (Å²) in [6.07, 6.45) is 1.70. The molecule has 0 spiro atoms. The zero-order valence-electron chi connectivity index (χ0n) is 10.8. The van der Waals surface area contributed by atoms with Gasteiger partial charge in [0.15, 0.2) is 5.84 Å². The summed E-state index contributed by atoms with van der Waals surface area (Å²) in [5.41, 5.74) is 0.338. The first-order chi connectivity index (χ1) is 9.45. The number of halogens is 1. The van der Waals surface area contributed by atoms with E-state index in [4.69, 9.17) is 11.6 Å². The molecule has 1 aromatic rings. The van der Waals surface area contributed by atoms with E-state index in [0.29, 0.717) is 17.1 Å². The van der Waals surface area contributed by atoms with Crippen LogP contribution < -0.4 is 0 Å². The number of amides is 1. The van der Waals surface area contributed by atoms with Crippen molar-refractivity contribution in [3.8, 4) is 0 Å². The zero-order valence-corrected chi connectivity index (χ0v) is 12.4. The number of carbonyl (C=O) groups is 1. The molecule has 0 unspecified atom stereocenters. The topological polar surface area (TPSA) is 66.8 Å². The second kappa shape index (κ2) is 4.56. The number of sulfonamides is 1. The summed E-state index contributed by atoms with van der Waals surface area (Å²) < 4.78 is 27.9. The first-order valence-electron chi connectivity index (χ1n) is 6.41. The molecule has 1 heterocycles. The van der Waals surface area contributed by atoms with E-state index >= 15 is 0 Å². The highest BCUT2D eigenvalue weighted by Gasteiger charge is 2.40. The van der Waals surface area contributed by atoms with Crippen molar-refractivity contribution in [2.75, 3.05) is 6.54 Å². The van der Waals surface area contributed by atoms with Gasteiger partial charge in [-0.3, -0.25) is 9.69 Å². The zero-order chi connectivity index (χ0) is 14.5. The minimum atomic E-state index is -3.76. The molecule has 1 amide bonds. The van der Waals surface area contributed by atoms with Gasteiger partial charge in [0.25, 0.3) is 10.0 Å². The van der Waals surface area contributed by atoms with E-state index in [0.717, 1.165) is 12.8 Å². The molecule has 3 rings (SSSR count). The van der Waals surface area contributed by atoms with Gasteiger partial charge in [-0.05, 0) is 31.9 Å². The lowest BCUT2D eigenvalue weighted by atomic mass is 10.1. The standard InChI is InChI=1S/C13H13ClN2O3S/c1-2-16(13(17)8-6-7-8)12-11-9(14)4-3-5-10(11)20(18,19)15-12/h3-5,8H,2,6-7H2,1H3. The molecule has 2 aliphatic rings. The lowest BCUT2D eigenvalue weighted by Gasteiger charge is -2.21. The summed E-state index contributed by atoms with van der Waals surface area (Å²) in [6, 6.07) is 4.63. The Morgan fingerprint density at radius 3 is 2.75 bits per heavy atom. The molecule has 0 atom stereocenters. The molecule has 1 aromatic carbocycles. The smallest absolute Gasteiger partial charge is 0.285 e. The van der Waals surface area contributed by atoms with Gasteiger partial charge in [0.2, 0.25) is 5.91 Å². The van der Waals surface area contributed by atoms with Crippen molar-refractivity contribution >= 4 is 33.4 Å². The number of carbonyl (C=O) groups excluding carboxylic acids is 1. The molecule has 0 bridgehead atoms. The molecule has 1 saturated carbocycles. The first kappa shape index (κ1) is 13.6. The average molecular weight is 313 g/mol. The molecule has 0 radical (unpaired) electrons. The minimum Gasteiger partial charge on any atom is -0.296 e. The number of rotatable bonds is 2. The summed E-state index contributed by atoms with van der Waals surface area (Å²) in [5, 5.41) is 0.296. The van der Waals surface area contributed by atoms with Gasteiger partial charge in [0.1, 0.15) is 4.90 Å². The quantitative estimate of drug-likeness (QED) is 0.839. The van der Waals surface area contributed by atoms with Crippen LogP contribution in [0.15, 0.2) is 27.5 Å². The summed E-state index contributed by atoms with van der Waals surface area (Å²) in [7, 11) is -3.76. The van der Waals surface area contributed by atoms with E-state index < -0.39 is 10.0 Å². The van der Waals surface area contributed by atoms with Crippen molar-refractivity contribution in [1.82, 2.24) is 4.90 Å². The Bertz CT molecular complexity index is 723. The largest absolute Gasteiger partial charge is 0.296 e. The fourth-order valence-electron chi connectivity index (χ4n) is 2.29. The number of hydrogen-bond donors (Lipinski definition) is 0. The number of fused-ring (bicyclic) bond motifs is 1. The Kier molecular flexibility index (Phi) is 3.10. The van der Waals surface area contributed by atoms with Gasteiger partial charge in [0.05, 0.1) is 10.6 Å². The van der Waals surface area contributed by atoms with E-state index in [9.17, 15) is 13.2 Å². The van der Waals surface area contributed by atoms with Crippen molar-refractivity contribution in [3.05, 3.63) is 28.8 Å². The Labute approximate surface area is 122 Å². The Hall–Kier alpha value is -1.40. The highest BCUT2D eigenvalue weighted by atomic mass is 35.5. The normalized spacial score (nSPS) is 19.4. The Morgan fingerprint density at radius 2 is 2.15 bits per heavy atom. The van der Waals surface area contributed by atoms with Gasteiger partial charge in [-0.2, -0.15) is 8.42 Å². The predicted octanol–water partition coefficient (Wildman–Crippen LogP) is 2.05. The molecule has 1 fully saturated rings. The number of benzene rings is 1. The van der Waals surface area contributed by atoms with Gasteiger partial charge in [-0.25, -0.2) is 0 Å². The molecule has 0 saturated heterocycles. The van der Waals surface area contributed by atoms with E-state index in [2.05, 4.69) is 4.40 Å². The third kappa shape index (κ3) is 2.03.